The van der Waals surface area contributed by atoms with Crippen LogP contribution in [0.25, 0.3) is 0 Å². The fourth-order valence-electron chi connectivity index (χ4n) is 3.71. The third-order valence-electron chi connectivity index (χ3n) is 5.61. The van der Waals surface area contributed by atoms with Crippen LogP contribution in [0.2, 0.25) is 0 Å². The number of unbranched alkanes of at least 4 members (excludes halogenated alkanes) is 2. The summed E-state index contributed by atoms with van der Waals surface area (Å²) in [6.07, 6.45) is 8.60. The van der Waals surface area contributed by atoms with Gasteiger partial charge in [-0.05, 0) is 24.7 Å². The van der Waals surface area contributed by atoms with Crippen LogP contribution in [0, 0.1) is 17.3 Å². The molecule has 0 spiro atoms. The zero-order chi connectivity index (χ0) is 19.5. The zero-order valence-corrected chi connectivity index (χ0v) is 16.6. The number of carboxylic acids is 2. The van der Waals surface area contributed by atoms with Gasteiger partial charge in [0.25, 0.3) is 0 Å². The molecule has 0 saturated carbocycles. The van der Waals surface area contributed by atoms with Crippen LogP contribution in [0.3, 0.4) is 0 Å². The maximum atomic E-state index is 12.3. The molecule has 2 unspecified atom stereocenters. The van der Waals surface area contributed by atoms with Crippen LogP contribution < -0.4 is 0 Å². The second-order valence-electron chi connectivity index (χ2n) is 7.41. The number of hydrogen-bond acceptors (Lipinski definition) is 2. The molecule has 0 rings (SSSR count). The largest absolute Gasteiger partial charge is 0.481 e. The van der Waals surface area contributed by atoms with Crippen molar-refractivity contribution in [2.75, 3.05) is 0 Å². The second kappa shape index (κ2) is 12.1. The Kier molecular flexibility index (Phi) is 11.5. The van der Waals surface area contributed by atoms with Gasteiger partial charge in [0.2, 0.25) is 0 Å². The van der Waals surface area contributed by atoms with E-state index < -0.39 is 17.4 Å². The van der Waals surface area contributed by atoms with E-state index in [1.807, 2.05) is 0 Å². The average Bonchev–Trinajstić information content (AvgIpc) is 2.59. The highest BCUT2D eigenvalue weighted by Gasteiger charge is 2.46. The fourth-order valence-corrected chi connectivity index (χ4v) is 3.71. The van der Waals surface area contributed by atoms with Crippen LogP contribution in [0.1, 0.15) is 91.9 Å². The van der Waals surface area contributed by atoms with Gasteiger partial charge in [0.05, 0.1) is 5.41 Å². The summed E-state index contributed by atoms with van der Waals surface area (Å²) in [6, 6.07) is 0. The minimum absolute atomic E-state index is 0.148. The highest BCUT2D eigenvalue weighted by atomic mass is 16.4. The molecule has 0 saturated heterocycles. The lowest BCUT2D eigenvalue weighted by Gasteiger charge is -2.36. The first-order valence-corrected chi connectivity index (χ1v) is 9.94. The third kappa shape index (κ3) is 7.21. The molecule has 25 heavy (non-hydrogen) atoms. The number of rotatable bonds is 15. The molecule has 2 atom stereocenters. The highest BCUT2D eigenvalue weighted by Crippen LogP contribution is 2.44. The molecule has 0 heterocycles. The number of hydrogen-bond donors (Lipinski definition) is 2. The smallest absolute Gasteiger partial charge is 0.332 e. The van der Waals surface area contributed by atoms with Crippen molar-refractivity contribution in [3.05, 3.63) is 12.2 Å². The van der Waals surface area contributed by atoms with Gasteiger partial charge in [0, 0.05) is 5.57 Å². The van der Waals surface area contributed by atoms with Gasteiger partial charge in [0.15, 0.2) is 0 Å². The van der Waals surface area contributed by atoms with Crippen molar-refractivity contribution < 1.29 is 19.8 Å². The first-order valence-electron chi connectivity index (χ1n) is 9.94. The van der Waals surface area contributed by atoms with Gasteiger partial charge in [-0.1, -0.05) is 85.6 Å². The summed E-state index contributed by atoms with van der Waals surface area (Å²) in [5.74, 6) is -1.77. The van der Waals surface area contributed by atoms with Crippen molar-refractivity contribution in [2.24, 2.45) is 17.3 Å². The lowest BCUT2D eigenvalue weighted by molar-refractivity contribution is -0.152. The maximum absolute atomic E-state index is 12.3. The van der Waals surface area contributed by atoms with E-state index in [2.05, 4.69) is 34.3 Å². The number of carbonyl (C=O) groups is 2. The Morgan fingerprint density at radius 2 is 1.28 bits per heavy atom. The molecule has 0 bridgehead atoms. The fraction of sp³-hybridized carbons (Fsp3) is 0.810. The SMILES string of the molecule is C=C(C(=O)O)C(CC(CC)CCCC)(CC(CC)CCCC)C(=O)O. The Hall–Kier alpha value is -1.32. The topological polar surface area (TPSA) is 74.6 Å². The molecule has 0 amide bonds. The van der Waals surface area contributed by atoms with Crippen LogP contribution in [-0.2, 0) is 9.59 Å². The highest BCUT2D eigenvalue weighted by molar-refractivity contribution is 5.96. The van der Waals surface area contributed by atoms with Crippen molar-refractivity contribution in [2.45, 2.75) is 91.9 Å². The molecule has 0 aromatic rings. The quantitative estimate of drug-likeness (QED) is 0.358. The standard InChI is InChI=1S/C21H38O4/c1-6-10-12-17(8-3)14-21(20(24)25,16(5)19(22)23)15-18(9-4)13-11-7-2/h17-18H,5-15H2,1-4H3,(H,22,23)(H,24,25). The minimum atomic E-state index is -1.35. The molecule has 0 aromatic carbocycles. The van der Waals surface area contributed by atoms with Crippen molar-refractivity contribution in [1.29, 1.82) is 0 Å². The summed E-state index contributed by atoms with van der Waals surface area (Å²) in [5.41, 5.74) is -1.50. The van der Waals surface area contributed by atoms with E-state index in [0.717, 1.165) is 51.4 Å². The van der Waals surface area contributed by atoms with Crippen LogP contribution in [0.5, 0.6) is 0 Å². The van der Waals surface area contributed by atoms with Crippen molar-refractivity contribution in [3.63, 3.8) is 0 Å². The molecule has 0 fully saturated rings. The first kappa shape index (κ1) is 23.7. The zero-order valence-electron chi connectivity index (χ0n) is 16.6. The third-order valence-corrected chi connectivity index (χ3v) is 5.61. The van der Waals surface area contributed by atoms with Crippen LogP contribution in [0.15, 0.2) is 12.2 Å². The van der Waals surface area contributed by atoms with Crippen molar-refractivity contribution in [3.8, 4) is 0 Å². The molecule has 4 heteroatoms. The minimum Gasteiger partial charge on any atom is -0.481 e. The Bertz CT molecular complexity index is 410. The van der Waals surface area contributed by atoms with Crippen molar-refractivity contribution >= 4 is 11.9 Å². The van der Waals surface area contributed by atoms with Gasteiger partial charge < -0.3 is 10.2 Å². The van der Waals surface area contributed by atoms with E-state index in [-0.39, 0.29) is 17.4 Å². The maximum Gasteiger partial charge on any atom is 0.332 e. The van der Waals surface area contributed by atoms with E-state index in [4.69, 9.17) is 0 Å². The van der Waals surface area contributed by atoms with Gasteiger partial charge in [-0.15, -0.1) is 0 Å². The van der Waals surface area contributed by atoms with Gasteiger partial charge in [-0.3, -0.25) is 4.79 Å². The van der Waals surface area contributed by atoms with Crippen molar-refractivity contribution in [1.82, 2.24) is 0 Å². The Morgan fingerprint density at radius 3 is 1.52 bits per heavy atom. The average molecular weight is 355 g/mol. The summed E-state index contributed by atoms with van der Waals surface area (Å²) in [5, 5.41) is 19.6. The molecular formula is C21H38O4. The molecule has 4 nitrogen and oxygen atoms in total. The van der Waals surface area contributed by atoms with Gasteiger partial charge in [-0.2, -0.15) is 0 Å². The van der Waals surface area contributed by atoms with Gasteiger partial charge in [0.1, 0.15) is 0 Å². The molecule has 0 aliphatic rings. The predicted molar refractivity (Wildman–Crippen MR) is 103 cm³/mol. The molecule has 146 valence electrons. The Labute approximate surface area is 153 Å². The predicted octanol–water partition coefficient (Wildman–Crippen LogP) is 5.91. The van der Waals surface area contributed by atoms with Crippen LogP contribution >= 0.6 is 0 Å². The van der Waals surface area contributed by atoms with E-state index >= 15 is 0 Å². The van der Waals surface area contributed by atoms with Gasteiger partial charge >= 0.3 is 11.9 Å². The summed E-state index contributed by atoms with van der Waals surface area (Å²) in [7, 11) is 0. The molecule has 0 aliphatic carbocycles. The Morgan fingerprint density at radius 1 is 0.880 bits per heavy atom. The monoisotopic (exact) mass is 354 g/mol. The lowest BCUT2D eigenvalue weighted by Crippen LogP contribution is -2.39. The van der Waals surface area contributed by atoms with E-state index in [9.17, 15) is 19.8 Å². The van der Waals surface area contributed by atoms with E-state index in [1.54, 1.807) is 0 Å². The van der Waals surface area contributed by atoms with Gasteiger partial charge in [-0.25, -0.2) is 4.79 Å². The lowest BCUT2D eigenvalue weighted by atomic mass is 9.66. The molecule has 0 aliphatic heterocycles. The summed E-state index contributed by atoms with van der Waals surface area (Å²) in [6.45, 7) is 12.1. The normalized spacial score (nSPS) is 16.0. The number of aliphatic carboxylic acids is 2. The number of carboxylic acid groups (broad SMARTS) is 2. The van der Waals surface area contributed by atoms with Crippen LogP contribution in [0.4, 0.5) is 0 Å². The summed E-state index contributed by atoms with van der Waals surface area (Å²) < 4.78 is 0. The summed E-state index contributed by atoms with van der Waals surface area (Å²) in [4.78, 5) is 23.9. The molecular weight excluding hydrogens is 316 g/mol. The Balaban J connectivity index is 5.68. The summed E-state index contributed by atoms with van der Waals surface area (Å²) >= 11 is 0. The van der Waals surface area contributed by atoms with Crippen LogP contribution in [-0.4, -0.2) is 22.2 Å². The molecule has 0 radical (unpaired) electrons. The molecule has 2 N–H and O–H groups in total. The molecule has 0 aromatic heterocycles. The second-order valence-corrected chi connectivity index (χ2v) is 7.41. The first-order chi connectivity index (χ1) is 11.8. The van der Waals surface area contributed by atoms with E-state index in [0.29, 0.717) is 12.8 Å². The van der Waals surface area contributed by atoms with E-state index in [1.165, 1.54) is 0 Å².